The lowest BCUT2D eigenvalue weighted by molar-refractivity contribution is -0.255. The van der Waals surface area contributed by atoms with Crippen LogP contribution in [0, 0.1) is 12.7 Å². The number of amides is 2. The Balaban J connectivity index is 2.10. The number of carboxylic acid groups (broad SMARTS) is 1. The van der Waals surface area contributed by atoms with Crippen molar-refractivity contribution in [2.45, 2.75) is 6.92 Å². The summed E-state index contributed by atoms with van der Waals surface area (Å²) in [7, 11) is 0. The average Bonchev–Trinajstić information content (AvgIpc) is 2.43. The first-order valence-electron chi connectivity index (χ1n) is 6.11. The summed E-state index contributed by atoms with van der Waals surface area (Å²) in [6.45, 7) is 1.73. The summed E-state index contributed by atoms with van der Waals surface area (Å²) in [4.78, 5) is 22.6. The third kappa shape index (κ3) is 3.79. The van der Waals surface area contributed by atoms with Crippen LogP contribution in [0.1, 0.15) is 15.9 Å². The minimum absolute atomic E-state index is 0.0299. The van der Waals surface area contributed by atoms with E-state index < -0.39 is 17.8 Å². The van der Waals surface area contributed by atoms with Crippen molar-refractivity contribution in [3.63, 3.8) is 0 Å². The molecule has 0 fully saturated rings. The minimum Gasteiger partial charge on any atom is -0.545 e. The van der Waals surface area contributed by atoms with Gasteiger partial charge in [-0.1, -0.05) is 12.1 Å². The predicted octanol–water partition coefficient (Wildman–Crippen LogP) is 2.14. The molecule has 0 bridgehead atoms. The van der Waals surface area contributed by atoms with E-state index in [9.17, 15) is 19.1 Å². The number of anilines is 2. The van der Waals surface area contributed by atoms with Crippen molar-refractivity contribution in [1.82, 2.24) is 0 Å². The van der Waals surface area contributed by atoms with Gasteiger partial charge < -0.3 is 20.5 Å². The van der Waals surface area contributed by atoms with Crippen LogP contribution in [0.25, 0.3) is 0 Å². The monoisotopic (exact) mass is 287 g/mol. The molecule has 0 saturated carbocycles. The number of halogens is 1. The number of hydrogen-bond donors (Lipinski definition) is 2. The smallest absolute Gasteiger partial charge is 0.323 e. The highest BCUT2D eigenvalue weighted by atomic mass is 19.1. The first-order chi connectivity index (χ1) is 9.95. The summed E-state index contributed by atoms with van der Waals surface area (Å²) < 4.78 is 12.8. The number of urea groups is 1. The molecule has 0 aliphatic rings. The molecule has 0 aromatic heterocycles. The fourth-order valence-corrected chi connectivity index (χ4v) is 1.70. The number of rotatable bonds is 3. The Hall–Kier alpha value is -2.89. The zero-order chi connectivity index (χ0) is 15.4. The average molecular weight is 287 g/mol. The Morgan fingerprint density at radius 3 is 2.33 bits per heavy atom. The van der Waals surface area contributed by atoms with Gasteiger partial charge in [0.05, 0.1) is 5.97 Å². The number of aromatic carboxylic acids is 1. The molecule has 0 saturated heterocycles. The molecule has 0 unspecified atom stereocenters. The van der Waals surface area contributed by atoms with E-state index in [4.69, 9.17) is 0 Å². The van der Waals surface area contributed by atoms with Gasteiger partial charge in [0.2, 0.25) is 0 Å². The van der Waals surface area contributed by atoms with Crippen molar-refractivity contribution in [3.05, 3.63) is 59.4 Å². The van der Waals surface area contributed by atoms with E-state index in [1.807, 2.05) is 0 Å². The number of carboxylic acids is 1. The molecule has 0 aliphatic heterocycles. The first kappa shape index (κ1) is 14.5. The van der Waals surface area contributed by atoms with E-state index in [2.05, 4.69) is 10.6 Å². The number of nitrogens with one attached hydrogen (secondary N) is 2. The second kappa shape index (κ2) is 6.04. The normalized spacial score (nSPS) is 10.0. The van der Waals surface area contributed by atoms with E-state index in [-0.39, 0.29) is 5.56 Å². The summed E-state index contributed by atoms with van der Waals surface area (Å²) in [6, 6.07) is 9.00. The fourth-order valence-electron chi connectivity index (χ4n) is 1.70. The van der Waals surface area contributed by atoms with Gasteiger partial charge in [-0.15, -0.1) is 0 Å². The molecule has 2 aromatic rings. The van der Waals surface area contributed by atoms with E-state index in [0.29, 0.717) is 16.9 Å². The highest BCUT2D eigenvalue weighted by molar-refractivity contribution is 6.01. The van der Waals surface area contributed by atoms with Gasteiger partial charge in [0.25, 0.3) is 0 Å². The molecule has 108 valence electrons. The van der Waals surface area contributed by atoms with Crippen LogP contribution in [0.15, 0.2) is 42.5 Å². The van der Waals surface area contributed by atoms with Gasteiger partial charge in [0.1, 0.15) is 5.82 Å². The molecule has 0 radical (unpaired) electrons. The standard InChI is InChI=1S/C15H13FN2O3/c1-9-2-3-10(14(19)20)8-13(9)18-15(21)17-12-6-4-11(16)5-7-12/h2-8H,1H3,(H,19,20)(H2,17,18,21)/p-1. The lowest BCUT2D eigenvalue weighted by atomic mass is 10.1. The summed E-state index contributed by atoms with van der Waals surface area (Å²) in [5.41, 5.74) is 1.45. The van der Waals surface area contributed by atoms with E-state index in [0.717, 1.165) is 0 Å². The molecule has 21 heavy (non-hydrogen) atoms. The molecule has 6 heteroatoms. The lowest BCUT2D eigenvalue weighted by Crippen LogP contribution is -2.23. The second-order valence-electron chi connectivity index (χ2n) is 4.40. The van der Waals surface area contributed by atoms with Gasteiger partial charge in [0, 0.05) is 11.4 Å². The number of hydrogen-bond acceptors (Lipinski definition) is 3. The van der Waals surface area contributed by atoms with E-state index in [1.165, 1.54) is 36.4 Å². The highest BCUT2D eigenvalue weighted by Crippen LogP contribution is 2.17. The van der Waals surface area contributed by atoms with Crippen LogP contribution in [-0.2, 0) is 0 Å². The molecule has 2 rings (SSSR count). The Labute approximate surface area is 120 Å². The van der Waals surface area contributed by atoms with Crippen LogP contribution >= 0.6 is 0 Å². The van der Waals surface area contributed by atoms with Crippen LogP contribution in [0.2, 0.25) is 0 Å². The Morgan fingerprint density at radius 1 is 1.05 bits per heavy atom. The summed E-state index contributed by atoms with van der Waals surface area (Å²) in [6.07, 6.45) is 0. The Kier molecular flexibility index (Phi) is 4.18. The molecule has 0 atom stereocenters. The van der Waals surface area contributed by atoms with Gasteiger partial charge in [0.15, 0.2) is 0 Å². The van der Waals surface area contributed by atoms with Crippen molar-refractivity contribution in [2.75, 3.05) is 10.6 Å². The Bertz CT molecular complexity index is 684. The molecule has 5 nitrogen and oxygen atoms in total. The van der Waals surface area contributed by atoms with Crippen LogP contribution in [0.3, 0.4) is 0 Å². The molecular weight excluding hydrogens is 275 g/mol. The second-order valence-corrected chi connectivity index (χ2v) is 4.40. The van der Waals surface area contributed by atoms with E-state index in [1.54, 1.807) is 13.0 Å². The summed E-state index contributed by atoms with van der Waals surface area (Å²) in [5, 5.41) is 15.8. The molecular formula is C15H12FN2O3-. The number of carbonyl (C=O) groups excluding carboxylic acids is 2. The van der Waals surface area contributed by atoms with Crippen LogP contribution in [0.4, 0.5) is 20.6 Å². The van der Waals surface area contributed by atoms with Crippen LogP contribution < -0.4 is 15.7 Å². The zero-order valence-electron chi connectivity index (χ0n) is 11.1. The van der Waals surface area contributed by atoms with Crippen molar-refractivity contribution >= 4 is 23.4 Å². The van der Waals surface area contributed by atoms with Crippen molar-refractivity contribution in [2.24, 2.45) is 0 Å². The largest absolute Gasteiger partial charge is 0.545 e. The first-order valence-corrected chi connectivity index (χ1v) is 6.11. The van der Waals surface area contributed by atoms with Crippen molar-refractivity contribution in [1.29, 1.82) is 0 Å². The van der Waals surface area contributed by atoms with Crippen LogP contribution in [0.5, 0.6) is 0 Å². The van der Waals surface area contributed by atoms with Gasteiger partial charge in [-0.3, -0.25) is 0 Å². The molecule has 0 aliphatic carbocycles. The summed E-state index contributed by atoms with van der Waals surface area (Å²) >= 11 is 0. The zero-order valence-corrected chi connectivity index (χ0v) is 11.1. The minimum atomic E-state index is -1.32. The van der Waals surface area contributed by atoms with E-state index >= 15 is 0 Å². The quantitative estimate of drug-likeness (QED) is 0.907. The SMILES string of the molecule is Cc1ccc(C(=O)[O-])cc1NC(=O)Nc1ccc(F)cc1. The molecule has 2 amide bonds. The predicted molar refractivity (Wildman–Crippen MR) is 74.6 cm³/mol. The Morgan fingerprint density at radius 2 is 1.71 bits per heavy atom. The van der Waals surface area contributed by atoms with Gasteiger partial charge >= 0.3 is 6.03 Å². The van der Waals surface area contributed by atoms with Crippen molar-refractivity contribution < 1.29 is 19.1 Å². The highest BCUT2D eigenvalue weighted by Gasteiger charge is 2.06. The molecule has 2 aromatic carbocycles. The van der Waals surface area contributed by atoms with Gasteiger partial charge in [-0.2, -0.15) is 0 Å². The van der Waals surface area contributed by atoms with Gasteiger partial charge in [-0.25, -0.2) is 9.18 Å². The maximum Gasteiger partial charge on any atom is 0.323 e. The molecule has 2 N–H and O–H groups in total. The number of aryl methyl sites for hydroxylation is 1. The topological polar surface area (TPSA) is 81.3 Å². The maximum absolute atomic E-state index is 12.8. The van der Waals surface area contributed by atoms with Gasteiger partial charge in [-0.05, 0) is 48.4 Å². The lowest BCUT2D eigenvalue weighted by Gasteiger charge is -2.12. The fraction of sp³-hybridized carbons (Fsp3) is 0.0667. The van der Waals surface area contributed by atoms with Crippen molar-refractivity contribution in [3.8, 4) is 0 Å². The number of benzene rings is 2. The molecule has 0 heterocycles. The maximum atomic E-state index is 12.8. The molecule has 0 spiro atoms. The summed E-state index contributed by atoms with van der Waals surface area (Å²) in [5.74, 6) is -1.73. The van der Waals surface area contributed by atoms with Crippen LogP contribution in [-0.4, -0.2) is 12.0 Å². The third-order valence-electron chi connectivity index (χ3n) is 2.82. The number of carbonyl (C=O) groups is 2. The third-order valence-corrected chi connectivity index (χ3v) is 2.82.